The van der Waals surface area contributed by atoms with Crippen molar-refractivity contribution in [1.29, 1.82) is 0 Å². The molecule has 2 aromatic heterocycles. The number of hydrogen-bond donors (Lipinski definition) is 0. The van der Waals surface area contributed by atoms with Crippen molar-refractivity contribution in [2.45, 2.75) is 20.3 Å². The maximum Gasteiger partial charge on any atom is 0.348 e. The van der Waals surface area contributed by atoms with E-state index in [9.17, 15) is 14.0 Å². The number of rotatable bonds is 5. The summed E-state index contributed by atoms with van der Waals surface area (Å²) in [5, 5.41) is 0.863. The predicted molar refractivity (Wildman–Crippen MR) is 117 cm³/mol. The summed E-state index contributed by atoms with van der Waals surface area (Å²) in [6, 6.07) is 6.02. The smallest absolute Gasteiger partial charge is 0.348 e. The Labute approximate surface area is 183 Å². The minimum absolute atomic E-state index is 0.0235. The number of thiophene rings is 1. The number of esters is 1. The number of hydrogen-bond acceptors (Lipinski definition) is 7. The van der Waals surface area contributed by atoms with Crippen LogP contribution in [0.5, 0.6) is 0 Å². The Morgan fingerprint density at radius 3 is 2.52 bits per heavy atom. The van der Waals surface area contributed by atoms with E-state index in [2.05, 4.69) is 14.9 Å². The monoisotopic (exact) mass is 442 g/mol. The summed E-state index contributed by atoms with van der Waals surface area (Å²) in [7, 11) is 0. The van der Waals surface area contributed by atoms with Crippen LogP contribution in [0.2, 0.25) is 0 Å². The third-order valence-corrected chi connectivity index (χ3v) is 6.55. The predicted octanol–water partition coefficient (Wildman–Crippen LogP) is 3.21. The Kier molecular flexibility index (Phi) is 6.13. The average molecular weight is 443 g/mol. The van der Waals surface area contributed by atoms with Crippen molar-refractivity contribution in [2.24, 2.45) is 0 Å². The molecule has 0 saturated carbocycles. The van der Waals surface area contributed by atoms with Gasteiger partial charge >= 0.3 is 5.97 Å². The number of piperazine rings is 1. The van der Waals surface area contributed by atoms with E-state index in [1.807, 2.05) is 11.8 Å². The molecule has 0 atom stereocenters. The highest BCUT2D eigenvalue weighted by Gasteiger charge is 2.26. The van der Waals surface area contributed by atoms with Crippen LogP contribution in [-0.4, -0.2) is 59.5 Å². The molecule has 0 bridgehead atoms. The standard InChI is InChI=1S/C22H23FN4O3S/c1-3-30-22(29)19-14(2)18-20(24-13-25-21(18)31-19)27-10-8-26(9-11-27)17(28)12-15-4-6-16(23)7-5-15/h4-7,13H,3,8-12H2,1-2H3. The third kappa shape index (κ3) is 4.36. The number of fused-ring (bicyclic) bond motifs is 1. The molecule has 7 nitrogen and oxygen atoms in total. The molecular weight excluding hydrogens is 419 g/mol. The van der Waals surface area contributed by atoms with Gasteiger partial charge in [0.1, 0.15) is 27.7 Å². The van der Waals surface area contributed by atoms with E-state index in [-0.39, 0.29) is 24.1 Å². The first-order valence-corrected chi connectivity index (χ1v) is 11.0. The summed E-state index contributed by atoms with van der Waals surface area (Å²) in [5.41, 5.74) is 1.62. The largest absolute Gasteiger partial charge is 0.462 e. The van der Waals surface area contributed by atoms with E-state index in [4.69, 9.17) is 4.74 Å². The van der Waals surface area contributed by atoms with Gasteiger partial charge in [-0.15, -0.1) is 11.3 Å². The average Bonchev–Trinajstić information content (AvgIpc) is 3.12. The van der Waals surface area contributed by atoms with Gasteiger partial charge in [0.2, 0.25) is 5.91 Å². The Hall–Kier alpha value is -3.07. The van der Waals surface area contributed by atoms with Gasteiger partial charge in [-0.1, -0.05) is 12.1 Å². The van der Waals surface area contributed by atoms with Gasteiger partial charge in [-0.05, 0) is 37.1 Å². The van der Waals surface area contributed by atoms with Crippen LogP contribution in [0.4, 0.5) is 10.2 Å². The topological polar surface area (TPSA) is 75.6 Å². The number of aromatic nitrogens is 2. The van der Waals surface area contributed by atoms with Gasteiger partial charge in [0.25, 0.3) is 0 Å². The number of carbonyl (C=O) groups is 2. The van der Waals surface area contributed by atoms with Crippen molar-refractivity contribution in [3.63, 3.8) is 0 Å². The first-order chi connectivity index (χ1) is 15.0. The summed E-state index contributed by atoms with van der Waals surface area (Å²) < 4.78 is 18.2. The van der Waals surface area contributed by atoms with Crippen LogP contribution in [0.25, 0.3) is 10.2 Å². The van der Waals surface area contributed by atoms with Crippen LogP contribution in [0.1, 0.15) is 27.7 Å². The molecule has 1 aromatic carbocycles. The maximum atomic E-state index is 13.1. The Morgan fingerprint density at radius 2 is 1.84 bits per heavy atom. The molecule has 0 aliphatic carbocycles. The Bertz CT molecular complexity index is 1110. The lowest BCUT2D eigenvalue weighted by atomic mass is 10.1. The Balaban J connectivity index is 1.47. The van der Waals surface area contributed by atoms with Gasteiger partial charge in [0.15, 0.2) is 0 Å². The molecule has 0 unspecified atom stereocenters. The van der Waals surface area contributed by atoms with Gasteiger partial charge < -0.3 is 14.5 Å². The summed E-state index contributed by atoms with van der Waals surface area (Å²) in [4.78, 5) is 39.0. The Morgan fingerprint density at radius 1 is 1.13 bits per heavy atom. The van der Waals surface area contributed by atoms with E-state index in [1.54, 1.807) is 19.1 Å². The van der Waals surface area contributed by atoms with Crippen LogP contribution in [0, 0.1) is 12.7 Å². The number of carbonyl (C=O) groups excluding carboxylic acids is 2. The molecule has 3 heterocycles. The van der Waals surface area contributed by atoms with E-state index in [0.29, 0.717) is 37.7 Å². The van der Waals surface area contributed by atoms with Crippen LogP contribution in [-0.2, 0) is 16.0 Å². The van der Waals surface area contributed by atoms with Crippen molar-refractivity contribution < 1.29 is 18.7 Å². The zero-order valence-electron chi connectivity index (χ0n) is 17.4. The molecule has 0 N–H and O–H groups in total. The van der Waals surface area contributed by atoms with Crippen molar-refractivity contribution >= 4 is 39.2 Å². The number of anilines is 1. The number of nitrogens with zero attached hydrogens (tertiary/aromatic N) is 4. The molecule has 9 heteroatoms. The highest BCUT2D eigenvalue weighted by molar-refractivity contribution is 7.20. The van der Waals surface area contributed by atoms with Crippen molar-refractivity contribution in [2.75, 3.05) is 37.7 Å². The van der Waals surface area contributed by atoms with Gasteiger partial charge in [0, 0.05) is 26.2 Å². The number of aryl methyl sites for hydroxylation is 1. The first-order valence-electron chi connectivity index (χ1n) is 10.2. The first kappa shape index (κ1) is 21.2. The molecule has 3 aromatic rings. The van der Waals surface area contributed by atoms with E-state index in [0.717, 1.165) is 27.2 Å². The number of benzene rings is 1. The lowest BCUT2D eigenvalue weighted by Crippen LogP contribution is -2.49. The second-order valence-electron chi connectivity index (χ2n) is 7.33. The summed E-state index contributed by atoms with van der Waals surface area (Å²) in [6.45, 7) is 6.39. The highest BCUT2D eigenvalue weighted by atomic mass is 32.1. The maximum absolute atomic E-state index is 13.1. The summed E-state index contributed by atoms with van der Waals surface area (Å²) in [6.07, 6.45) is 1.76. The zero-order valence-corrected chi connectivity index (χ0v) is 18.2. The molecular formula is C22H23FN4O3S. The van der Waals surface area contributed by atoms with Crippen LogP contribution in [0.15, 0.2) is 30.6 Å². The fraction of sp³-hybridized carbons (Fsp3) is 0.364. The van der Waals surface area contributed by atoms with Crippen molar-refractivity contribution in [3.05, 3.63) is 52.4 Å². The quantitative estimate of drug-likeness (QED) is 0.565. The van der Waals surface area contributed by atoms with Crippen molar-refractivity contribution in [1.82, 2.24) is 14.9 Å². The van der Waals surface area contributed by atoms with Crippen LogP contribution in [0.3, 0.4) is 0 Å². The van der Waals surface area contributed by atoms with Gasteiger partial charge in [-0.2, -0.15) is 0 Å². The lowest BCUT2D eigenvalue weighted by molar-refractivity contribution is -0.130. The highest BCUT2D eigenvalue weighted by Crippen LogP contribution is 2.35. The molecule has 0 radical (unpaired) electrons. The number of halogens is 1. The van der Waals surface area contributed by atoms with Gasteiger partial charge in [-0.25, -0.2) is 19.2 Å². The second kappa shape index (κ2) is 8.97. The minimum atomic E-state index is -0.342. The van der Waals surface area contributed by atoms with Crippen LogP contribution >= 0.6 is 11.3 Å². The SMILES string of the molecule is CCOC(=O)c1sc2ncnc(N3CCN(C(=O)Cc4ccc(F)cc4)CC3)c2c1C. The fourth-order valence-corrected chi connectivity index (χ4v) is 4.78. The minimum Gasteiger partial charge on any atom is -0.462 e. The van der Waals surface area contributed by atoms with E-state index < -0.39 is 0 Å². The summed E-state index contributed by atoms with van der Waals surface area (Å²) >= 11 is 1.31. The van der Waals surface area contributed by atoms with Gasteiger partial charge in [-0.3, -0.25) is 4.79 Å². The zero-order chi connectivity index (χ0) is 22.0. The van der Waals surface area contributed by atoms with E-state index in [1.165, 1.54) is 29.8 Å². The second-order valence-corrected chi connectivity index (χ2v) is 8.32. The molecule has 1 aliphatic rings. The summed E-state index contributed by atoms with van der Waals surface area (Å²) in [5.74, 6) is 0.149. The third-order valence-electron chi connectivity index (χ3n) is 5.37. The number of amides is 1. The molecule has 0 spiro atoms. The fourth-order valence-electron chi connectivity index (χ4n) is 3.74. The van der Waals surface area contributed by atoms with Gasteiger partial charge in [0.05, 0.1) is 18.4 Å². The molecule has 31 heavy (non-hydrogen) atoms. The lowest BCUT2D eigenvalue weighted by Gasteiger charge is -2.35. The van der Waals surface area contributed by atoms with Crippen LogP contribution < -0.4 is 4.90 Å². The molecule has 1 fully saturated rings. The molecule has 1 saturated heterocycles. The van der Waals surface area contributed by atoms with E-state index >= 15 is 0 Å². The molecule has 162 valence electrons. The molecule has 1 amide bonds. The van der Waals surface area contributed by atoms with Crippen molar-refractivity contribution in [3.8, 4) is 0 Å². The molecule has 1 aliphatic heterocycles. The molecule has 4 rings (SSSR count). The normalized spacial score (nSPS) is 14.2. The number of ether oxygens (including phenoxy) is 1.